The van der Waals surface area contributed by atoms with E-state index in [1.165, 1.54) is 0 Å². The Labute approximate surface area is 183 Å². The van der Waals surface area contributed by atoms with Crippen molar-refractivity contribution in [2.24, 2.45) is 0 Å². The predicted octanol–water partition coefficient (Wildman–Crippen LogP) is 5.28. The van der Waals surface area contributed by atoms with Gasteiger partial charge < -0.3 is 0 Å². The van der Waals surface area contributed by atoms with Crippen LogP contribution < -0.4 is 5.48 Å². The smallest absolute Gasteiger partial charge is 0.251 e. The Morgan fingerprint density at radius 2 is 1.72 bits per heavy atom. The molecule has 3 aromatic rings. The number of amides is 1. The molecule has 0 radical (unpaired) electrons. The zero-order valence-electron chi connectivity index (χ0n) is 16.0. The normalized spacial score (nSPS) is 11.5. The lowest BCUT2D eigenvalue weighted by Crippen LogP contribution is -2.34. The molecule has 1 aromatic heterocycles. The molecule has 29 heavy (non-hydrogen) atoms. The van der Waals surface area contributed by atoms with Gasteiger partial charge in [0.15, 0.2) is 11.6 Å². The van der Waals surface area contributed by atoms with Crippen molar-refractivity contribution in [3.05, 3.63) is 63.4 Å². The molecule has 0 aliphatic carbocycles. The van der Waals surface area contributed by atoms with E-state index in [-0.39, 0.29) is 12.3 Å². The lowest BCUT2D eigenvalue weighted by Gasteiger charge is -2.18. The lowest BCUT2D eigenvalue weighted by atomic mass is 10.2. The summed E-state index contributed by atoms with van der Waals surface area (Å²) in [6.45, 7) is 5.50. The summed E-state index contributed by atoms with van der Waals surface area (Å²) in [5.74, 6) is 0.475. The highest BCUT2D eigenvalue weighted by Gasteiger charge is 2.19. The summed E-state index contributed by atoms with van der Waals surface area (Å²) in [6.07, 6.45) is -0.0606. The fourth-order valence-electron chi connectivity index (χ4n) is 2.43. The van der Waals surface area contributed by atoms with Gasteiger partial charge in [0, 0.05) is 15.6 Å². The van der Waals surface area contributed by atoms with E-state index in [2.05, 4.69) is 15.6 Å². The molecule has 1 N–H and O–H groups in total. The molecule has 0 saturated carbocycles. The molecule has 1 amide bonds. The van der Waals surface area contributed by atoms with Gasteiger partial charge in [-0.3, -0.25) is 9.63 Å². The van der Waals surface area contributed by atoms with E-state index in [1.54, 1.807) is 35.0 Å². The summed E-state index contributed by atoms with van der Waals surface area (Å²) in [4.78, 5) is 22.1. The summed E-state index contributed by atoms with van der Waals surface area (Å²) >= 11 is 18.4. The van der Waals surface area contributed by atoms with Crippen LogP contribution in [0.3, 0.4) is 0 Å². The fraction of sp³-hybridized carbons (Fsp3) is 0.250. The highest BCUT2D eigenvalue weighted by Crippen LogP contribution is 2.29. The van der Waals surface area contributed by atoms with E-state index in [9.17, 15) is 4.79 Å². The average molecular weight is 454 g/mol. The number of hydroxylamine groups is 1. The number of nitrogens with zero attached hydrogens (tertiary/aromatic N) is 3. The molecule has 9 heteroatoms. The summed E-state index contributed by atoms with van der Waals surface area (Å²) in [7, 11) is 0. The molecule has 3 rings (SSSR count). The van der Waals surface area contributed by atoms with Crippen LogP contribution in [-0.2, 0) is 16.1 Å². The van der Waals surface area contributed by atoms with E-state index >= 15 is 0 Å². The molecule has 0 unspecified atom stereocenters. The average Bonchev–Trinajstić information content (AvgIpc) is 3.03. The molecule has 0 bridgehead atoms. The molecule has 152 valence electrons. The van der Waals surface area contributed by atoms with Gasteiger partial charge in [-0.2, -0.15) is 5.10 Å². The summed E-state index contributed by atoms with van der Waals surface area (Å²) in [5.41, 5.74) is 3.27. The van der Waals surface area contributed by atoms with E-state index in [0.29, 0.717) is 32.4 Å². The molecule has 1 heterocycles. The molecule has 0 atom stereocenters. The minimum Gasteiger partial charge on any atom is -0.272 e. The van der Waals surface area contributed by atoms with Gasteiger partial charge in [-0.15, -0.1) is 0 Å². The number of halogens is 3. The van der Waals surface area contributed by atoms with Crippen molar-refractivity contribution in [3.8, 4) is 17.1 Å². The number of nitrogens with one attached hydrogen (secondary N) is 1. The third-order valence-corrected chi connectivity index (χ3v) is 4.47. The number of benzene rings is 2. The van der Waals surface area contributed by atoms with Crippen molar-refractivity contribution in [2.45, 2.75) is 32.8 Å². The maximum Gasteiger partial charge on any atom is 0.251 e. The van der Waals surface area contributed by atoms with Crippen LogP contribution in [0.2, 0.25) is 15.1 Å². The quantitative estimate of drug-likeness (QED) is 0.533. The number of carbonyl (C=O) groups is 1. The van der Waals surface area contributed by atoms with Crippen LogP contribution in [0.1, 0.15) is 26.6 Å². The van der Waals surface area contributed by atoms with E-state index in [1.807, 2.05) is 32.9 Å². The second kappa shape index (κ2) is 8.71. The fourth-order valence-corrected chi connectivity index (χ4v) is 3.04. The minimum absolute atomic E-state index is 0.0606. The van der Waals surface area contributed by atoms with Gasteiger partial charge in [-0.25, -0.2) is 15.1 Å². The zero-order valence-corrected chi connectivity index (χ0v) is 18.3. The predicted molar refractivity (Wildman–Crippen MR) is 115 cm³/mol. The molecule has 0 saturated heterocycles. The first-order chi connectivity index (χ1) is 13.6. The Morgan fingerprint density at radius 1 is 1.07 bits per heavy atom. The van der Waals surface area contributed by atoms with Gasteiger partial charge in [0.25, 0.3) is 5.91 Å². The maximum absolute atomic E-state index is 12.2. The van der Waals surface area contributed by atoms with E-state index in [0.717, 1.165) is 5.56 Å². The summed E-state index contributed by atoms with van der Waals surface area (Å²) in [6, 6.07) is 12.2. The molecular formula is C20H19Cl3N4O2. The van der Waals surface area contributed by atoms with Crippen LogP contribution >= 0.6 is 34.8 Å². The second-order valence-corrected chi connectivity index (χ2v) is 8.56. The van der Waals surface area contributed by atoms with Crippen molar-refractivity contribution in [1.29, 1.82) is 0 Å². The Kier molecular flexibility index (Phi) is 6.49. The Bertz CT molecular complexity index is 1030. The molecule has 6 nitrogen and oxygen atoms in total. The molecule has 0 aliphatic rings. The number of carbonyl (C=O) groups excluding carboxylic acids is 1. The van der Waals surface area contributed by atoms with Crippen LogP contribution in [-0.4, -0.2) is 26.3 Å². The Balaban J connectivity index is 1.97. The monoisotopic (exact) mass is 452 g/mol. The summed E-state index contributed by atoms with van der Waals surface area (Å²) < 4.78 is 1.58. The van der Waals surface area contributed by atoms with Crippen molar-refractivity contribution in [2.75, 3.05) is 0 Å². The highest BCUT2D eigenvalue weighted by molar-refractivity contribution is 6.35. The molecule has 2 aromatic carbocycles. The van der Waals surface area contributed by atoms with Crippen LogP contribution in [0.5, 0.6) is 0 Å². The van der Waals surface area contributed by atoms with Crippen molar-refractivity contribution < 1.29 is 9.63 Å². The van der Waals surface area contributed by atoms with Crippen LogP contribution in [0.15, 0.2) is 42.5 Å². The van der Waals surface area contributed by atoms with Gasteiger partial charge in [0.2, 0.25) is 0 Å². The number of hydrogen-bond acceptors (Lipinski definition) is 4. The topological polar surface area (TPSA) is 69.0 Å². The first kappa shape index (κ1) is 21.6. The van der Waals surface area contributed by atoms with Crippen molar-refractivity contribution in [1.82, 2.24) is 20.2 Å². The van der Waals surface area contributed by atoms with Gasteiger partial charge in [-0.1, -0.05) is 34.8 Å². The van der Waals surface area contributed by atoms with Crippen LogP contribution in [0, 0.1) is 0 Å². The van der Waals surface area contributed by atoms with Gasteiger partial charge in [-0.05, 0) is 63.2 Å². The molecule has 0 fully saturated rings. The number of aromatic nitrogens is 3. The first-order valence-corrected chi connectivity index (χ1v) is 9.90. The molecule has 0 aliphatic heterocycles. The molecule has 0 spiro atoms. The van der Waals surface area contributed by atoms with Crippen molar-refractivity contribution >= 4 is 40.7 Å². The first-order valence-electron chi connectivity index (χ1n) is 8.76. The maximum atomic E-state index is 12.2. The number of rotatable bonds is 5. The third kappa shape index (κ3) is 5.70. The third-order valence-electron chi connectivity index (χ3n) is 3.68. The van der Waals surface area contributed by atoms with Gasteiger partial charge in [0.05, 0.1) is 22.7 Å². The van der Waals surface area contributed by atoms with Crippen LogP contribution in [0.25, 0.3) is 17.1 Å². The SMILES string of the molecule is CC(C)(C)ONC(=O)Cc1nc(-c2ccc(Cl)cc2)n(-c2ccc(Cl)cc2Cl)n1. The number of hydrogen-bond donors (Lipinski definition) is 1. The second-order valence-electron chi connectivity index (χ2n) is 7.28. The van der Waals surface area contributed by atoms with Crippen molar-refractivity contribution in [3.63, 3.8) is 0 Å². The Morgan fingerprint density at radius 3 is 2.34 bits per heavy atom. The molecular weight excluding hydrogens is 435 g/mol. The standard InChI is InChI=1S/C20H19Cl3N4O2/c1-20(2,3)29-26-18(28)11-17-24-19(12-4-6-13(21)7-5-12)27(25-17)16-9-8-14(22)10-15(16)23/h4-10H,11H2,1-3H3,(H,26,28). The Hall–Kier alpha value is -2.12. The minimum atomic E-state index is -0.506. The highest BCUT2D eigenvalue weighted by atomic mass is 35.5. The summed E-state index contributed by atoms with van der Waals surface area (Å²) in [5, 5.41) is 6.00. The lowest BCUT2D eigenvalue weighted by molar-refractivity contribution is -0.145. The van der Waals surface area contributed by atoms with Gasteiger partial charge >= 0.3 is 0 Å². The van der Waals surface area contributed by atoms with E-state index < -0.39 is 5.60 Å². The van der Waals surface area contributed by atoms with E-state index in [4.69, 9.17) is 39.6 Å². The van der Waals surface area contributed by atoms with Gasteiger partial charge in [0.1, 0.15) is 0 Å². The largest absolute Gasteiger partial charge is 0.272 e. The van der Waals surface area contributed by atoms with Crippen LogP contribution in [0.4, 0.5) is 0 Å². The zero-order chi connectivity index (χ0) is 21.2.